The first-order valence-corrected chi connectivity index (χ1v) is 13.3. The Labute approximate surface area is 222 Å². The summed E-state index contributed by atoms with van der Waals surface area (Å²) in [6.45, 7) is 3.80. The highest BCUT2D eigenvalue weighted by Crippen LogP contribution is 2.25. The number of thiazole rings is 1. The standard InChI is InChI=1S/C27H28N6O4S/c1-19-25(26(35)32(29(19)2)21-10-4-3-5-11-21)28-27-31(16-8-15-30-14-7-13-24(30)34)23(18-38-27)20-9-6-12-22(17-20)33(36)37/h3-6,9-12,17-18H,7-8,13-16H2,1-2H3. The number of nitrogens with zero attached hydrogens (tertiary/aromatic N) is 6. The van der Waals surface area contributed by atoms with E-state index in [4.69, 9.17) is 4.99 Å². The highest BCUT2D eigenvalue weighted by atomic mass is 32.1. The van der Waals surface area contributed by atoms with Crippen LogP contribution in [0.15, 0.2) is 69.8 Å². The number of amides is 1. The Morgan fingerprint density at radius 2 is 1.87 bits per heavy atom. The van der Waals surface area contributed by atoms with Gasteiger partial charge < -0.3 is 9.47 Å². The zero-order chi connectivity index (χ0) is 26.8. The van der Waals surface area contributed by atoms with E-state index in [1.165, 1.54) is 17.4 Å². The normalized spacial score (nSPS) is 14.0. The average molecular weight is 533 g/mol. The first-order valence-electron chi connectivity index (χ1n) is 12.4. The highest BCUT2D eigenvalue weighted by Gasteiger charge is 2.20. The average Bonchev–Trinajstić information content (AvgIpc) is 3.58. The number of nitro groups is 1. The van der Waals surface area contributed by atoms with Crippen molar-refractivity contribution >= 4 is 28.6 Å². The molecule has 10 nitrogen and oxygen atoms in total. The zero-order valence-electron chi connectivity index (χ0n) is 21.2. The van der Waals surface area contributed by atoms with Crippen LogP contribution in [0.3, 0.4) is 0 Å². The number of likely N-dealkylation sites (tertiary alicyclic amines) is 1. The molecule has 4 aromatic rings. The van der Waals surface area contributed by atoms with Crippen molar-refractivity contribution in [1.29, 1.82) is 0 Å². The molecule has 196 valence electrons. The van der Waals surface area contributed by atoms with Gasteiger partial charge in [-0.25, -0.2) is 9.67 Å². The second kappa shape index (κ2) is 10.6. The van der Waals surface area contributed by atoms with Crippen LogP contribution in [0, 0.1) is 17.0 Å². The molecule has 0 aliphatic carbocycles. The molecule has 1 aliphatic heterocycles. The molecule has 0 saturated carbocycles. The second-order valence-corrected chi connectivity index (χ2v) is 10.1. The lowest BCUT2D eigenvalue weighted by Crippen LogP contribution is -2.27. The molecule has 2 aromatic heterocycles. The number of rotatable bonds is 8. The predicted octanol–water partition coefficient (Wildman–Crippen LogP) is 4.17. The summed E-state index contributed by atoms with van der Waals surface area (Å²) < 4.78 is 5.37. The molecule has 1 fully saturated rings. The Bertz CT molecular complexity index is 1630. The van der Waals surface area contributed by atoms with Crippen LogP contribution in [-0.4, -0.2) is 42.8 Å². The Morgan fingerprint density at radius 3 is 2.58 bits per heavy atom. The number of hydrogen-bond donors (Lipinski definition) is 0. The van der Waals surface area contributed by atoms with Gasteiger partial charge in [-0.1, -0.05) is 30.3 Å². The monoisotopic (exact) mass is 532 g/mol. The molecule has 1 amide bonds. The van der Waals surface area contributed by atoms with E-state index >= 15 is 0 Å². The number of hydrogen-bond acceptors (Lipinski definition) is 6. The summed E-state index contributed by atoms with van der Waals surface area (Å²) in [6.07, 6.45) is 2.16. The van der Waals surface area contributed by atoms with Crippen molar-refractivity contribution in [3.8, 4) is 16.9 Å². The number of aromatic nitrogens is 3. The number of carbonyl (C=O) groups excluding carboxylic acids is 1. The minimum Gasteiger partial charge on any atom is -0.343 e. The van der Waals surface area contributed by atoms with E-state index in [-0.39, 0.29) is 17.2 Å². The molecule has 1 saturated heterocycles. The number of non-ortho nitro benzene ring substituents is 1. The Morgan fingerprint density at radius 1 is 1.08 bits per heavy atom. The number of benzene rings is 2. The maximum atomic E-state index is 13.5. The number of nitro benzene ring substituents is 1. The van der Waals surface area contributed by atoms with Gasteiger partial charge in [0.25, 0.3) is 11.2 Å². The molecule has 2 aromatic carbocycles. The molecule has 1 aliphatic rings. The third kappa shape index (κ3) is 4.84. The Balaban J connectivity index is 1.59. The topological polar surface area (TPSA) is 108 Å². The van der Waals surface area contributed by atoms with Crippen molar-refractivity contribution in [2.24, 2.45) is 12.0 Å². The van der Waals surface area contributed by atoms with Gasteiger partial charge in [-0.2, -0.15) is 0 Å². The summed E-state index contributed by atoms with van der Waals surface area (Å²) in [5, 5.41) is 13.3. The molecule has 5 rings (SSSR count). The van der Waals surface area contributed by atoms with Gasteiger partial charge >= 0.3 is 0 Å². The summed E-state index contributed by atoms with van der Waals surface area (Å²) >= 11 is 1.38. The third-order valence-electron chi connectivity index (χ3n) is 6.86. The summed E-state index contributed by atoms with van der Waals surface area (Å²) in [7, 11) is 1.83. The van der Waals surface area contributed by atoms with Crippen LogP contribution in [-0.2, 0) is 18.4 Å². The molecular weight excluding hydrogens is 504 g/mol. The smallest absolute Gasteiger partial charge is 0.297 e. The molecule has 0 radical (unpaired) electrons. The molecule has 0 unspecified atom stereocenters. The lowest BCUT2D eigenvalue weighted by Gasteiger charge is -2.16. The van der Waals surface area contributed by atoms with E-state index in [1.807, 2.05) is 65.2 Å². The number of carbonyl (C=O) groups is 1. The van der Waals surface area contributed by atoms with Gasteiger partial charge in [0.2, 0.25) is 5.91 Å². The van der Waals surface area contributed by atoms with E-state index in [0.29, 0.717) is 42.0 Å². The van der Waals surface area contributed by atoms with Crippen LogP contribution in [0.4, 0.5) is 11.4 Å². The Kier molecular flexibility index (Phi) is 7.10. The zero-order valence-corrected chi connectivity index (χ0v) is 22.1. The summed E-state index contributed by atoms with van der Waals surface area (Å²) in [4.78, 5) is 43.9. The quantitative estimate of drug-likeness (QED) is 0.251. The van der Waals surface area contributed by atoms with E-state index in [9.17, 15) is 19.7 Å². The highest BCUT2D eigenvalue weighted by molar-refractivity contribution is 7.07. The van der Waals surface area contributed by atoms with E-state index in [2.05, 4.69) is 0 Å². The lowest BCUT2D eigenvalue weighted by atomic mass is 10.1. The van der Waals surface area contributed by atoms with Gasteiger partial charge in [-0.05, 0) is 31.9 Å². The van der Waals surface area contributed by atoms with E-state index in [0.717, 1.165) is 30.0 Å². The van der Waals surface area contributed by atoms with Crippen LogP contribution in [0.5, 0.6) is 0 Å². The molecule has 0 N–H and O–H groups in total. The molecule has 3 heterocycles. The van der Waals surface area contributed by atoms with Crippen molar-refractivity contribution in [2.75, 3.05) is 13.1 Å². The van der Waals surface area contributed by atoms with E-state index < -0.39 is 4.92 Å². The maximum absolute atomic E-state index is 13.5. The minimum atomic E-state index is -0.413. The third-order valence-corrected chi connectivity index (χ3v) is 7.73. The molecule has 0 spiro atoms. The van der Waals surface area contributed by atoms with Gasteiger partial charge in [0.05, 0.1) is 22.0 Å². The Hall–Kier alpha value is -4.25. The summed E-state index contributed by atoms with van der Waals surface area (Å²) in [5.41, 5.74) is 3.06. The molecule has 38 heavy (non-hydrogen) atoms. The molecule has 11 heteroatoms. The second-order valence-electron chi connectivity index (χ2n) is 9.22. The maximum Gasteiger partial charge on any atom is 0.297 e. The summed E-state index contributed by atoms with van der Waals surface area (Å²) in [5.74, 6) is 0.172. The first-order chi connectivity index (χ1) is 18.3. The van der Waals surface area contributed by atoms with Crippen molar-refractivity contribution in [3.05, 3.63) is 90.9 Å². The molecule has 0 bridgehead atoms. The minimum absolute atomic E-state index is 0.00560. The predicted molar refractivity (Wildman–Crippen MR) is 146 cm³/mol. The van der Waals surface area contributed by atoms with Gasteiger partial charge in [-0.3, -0.25) is 24.4 Å². The van der Waals surface area contributed by atoms with Gasteiger partial charge in [0.15, 0.2) is 10.5 Å². The molecule has 0 atom stereocenters. The summed E-state index contributed by atoms with van der Waals surface area (Å²) in [6, 6.07) is 15.9. The van der Waals surface area contributed by atoms with Crippen molar-refractivity contribution in [3.63, 3.8) is 0 Å². The van der Waals surface area contributed by atoms with Crippen molar-refractivity contribution in [2.45, 2.75) is 32.7 Å². The van der Waals surface area contributed by atoms with Crippen LogP contribution in [0.1, 0.15) is 25.0 Å². The first kappa shape index (κ1) is 25.4. The fraction of sp³-hybridized carbons (Fsp3) is 0.296. The lowest BCUT2D eigenvalue weighted by molar-refractivity contribution is -0.384. The van der Waals surface area contributed by atoms with Crippen molar-refractivity contribution < 1.29 is 9.72 Å². The van der Waals surface area contributed by atoms with Crippen LogP contribution < -0.4 is 10.4 Å². The number of para-hydroxylation sites is 1. The van der Waals surface area contributed by atoms with Gasteiger partial charge in [-0.15, -0.1) is 11.3 Å². The largest absolute Gasteiger partial charge is 0.343 e. The SMILES string of the molecule is Cc1c(N=c2scc(-c3cccc([N+](=O)[O-])c3)n2CCCN2CCCC2=O)c(=O)n(-c2ccccc2)n1C. The van der Waals surface area contributed by atoms with Gasteiger partial charge in [0.1, 0.15) is 0 Å². The van der Waals surface area contributed by atoms with Gasteiger partial charge in [0, 0.05) is 56.2 Å². The fourth-order valence-electron chi connectivity index (χ4n) is 4.78. The van der Waals surface area contributed by atoms with E-state index in [1.54, 1.807) is 21.5 Å². The van der Waals surface area contributed by atoms with Crippen molar-refractivity contribution in [1.82, 2.24) is 18.8 Å². The van der Waals surface area contributed by atoms with Crippen LogP contribution >= 0.6 is 11.3 Å². The van der Waals surface area contributed by atoms with Crippen LogP contribution in [0.2, 0.25) is 0 Å². The molecular formula is C27H28N6O4S. The van der Waals surface area contributed by atoms with Crippen LogP contribution in [0.25, 0.3) is 16.9 Å². The fourth-order valence-corrected chi connectivity index (χ4v) is 5.72.